The molecule has 3 nitrogen and oxygen atoms in total. The molecule has 15 heavy (non-hydrogen) atoms. The van der Waals surface area contributed by atoms with E-state index in [2.05, 4.69) is 6.92 Å². The number of carbonyl (C=O) groups excluding carboxylic acids is 1. The highest BCUT2D eigenvalue weighted by atomic mass is 16.7. The molecule has 0 spiro atoms. The lowest BCUT2D eigenvalue weighted by Gasteiger charge is -2.34. The predicted octanol–water partition coefficient (Wildman–Crippen LogP) is 2.68. The van der Waals surface area contributed by atoms with Gasteiger partial charge in [0.25, 0.3) is 0 Å². The van der Waals surface area contributed by atoms with Crippen LogP contribution in [0, 0.1) is 0 Å². The Hall–Kier alpha value is -0.410. The SMILES string of the molecule is CCCCCOC1(OC)CCCCC1=O. The molecule has 0 saturated heterocycles. The highest BCUT2D eigenvalue weighted by Gasteiger charge is 2.40. The number of ether oxygens (including phenoxy) is 2. The number of hydrogen-bond donors (Lipinski definition) is 0. The summed E-state index contributed by atoms with van der Waals surface area (Å²) in [6.45, 7) is 2.78. The van der Waals surface area contributed by atoms with E-state index in [1.54, 1.807) is 7.11 Å². The van der Waals surface area contributed by atoms with E-state index in [0.29, 0.717) is 19.4 Å². The minimum absolute atomic E-state index is 0.118. The van der Waals surface area contributed by atoms with Crippen molar-refractivity contribution in [1.29, 1.82) is 0 Å². The van der Waals surface area contributed by atoms with Crippen LogP contribution in [0.3, 0.4) is 0 Å². The Morgan fingerprint density at radius 3 is 2.73 bits per heavy atom. The quantitative estimate of drug-likeness (QED) is 0.503. The Bertz CT molecular complexity index is 203. The van der Waals surface area contributed by atoms with Crippen LogP contribution in [-0.2, 0) is 14.3 Å². The first-order chi connectivity index (χ1) is 7.25. The van der Waals surface area contributed by atoms with Crippen LogP contribution in [0.1, 0.15) is 51.9 Å². The molecule has 0 heterocycles. The molecule has 0 amide bonds. The fourth-order valence-corrected chi connectivity index (χ4v) is 1.99. The van der Waals surface area contributed by atoms with Crippen LogP contribution in [0.25, 0.3) is 0 Å². The largest absolute Gasteiger partial charge is 0.347 e. The molecule has 1 unspecified atom stereocenters. The molecule has 0 aliphatic heterocycles. The zero-order chi connectivity index (χ0) is 11.1. The fraction of sp³-hybridized carbons (Fsp3) is 0.917. The molecule has 1 aliphatic carbocycles. The Morgan fingerprint density at radius 2 is 2.13 bits per heavy atom. The highest BCUT2D eigenvalue weighted by Crippen LogP contribution is 2.29. The van der Waals surface area contributed by atoms with Gasteiger partial charge in [0.1, 0.15) is 0 Å². The number of rotatable bonds is 6. The maximum atomic E-state index is 11.8. The van der Waals surface area contributed by atoms with E-state index in [-0.39, 0.29) is 5.78 Å². The summed E-state index contributed by atoms with van der Waals surface area (Å²) in [5.74, 6) is -0.792. The molecule has 0 N–H and O–H groups in total. The summed E-state index contributed by atoms with van der Waals surface area (Å²) in [5, 5.41) is 0. The number of Topliss-reactive ketones (excluding diaryl/α,β-unsaturated/α-hetero) is 1. The topological polar surface area (TPSA) is 35.5 Å². The zero-order valence-electron chi connectivity index (χ0n) is 9.88. The van der Waals surface area contributed by atoms with Crippen molar-refractivity contribution in [3.63, 3.8) is 0 Å². The van der Waals surface area contributed by atoms with Crippen LogP contribution in [0.5, 0.6) is 0 Å². The van der Waals surface area contributed by atoms with Crippen molar-refractivity contribution in [1.82, 2.24) is 0 Å². The summed E-state index contributed by atoms with van der Waals surface area (Å²) in [4.78, 5) is 11.8. The van der Waals surface area contributed by atoms with E-state index in [4.69, 9.17) is 9.47 Å². The first kappa shape index (κ1) is 12.7. The minimum atomic E-state index is -0.911. The average molecular weight is 214 g/mol. The lowest BCUT2D eigenvalue weighted by atomic mass is 9.92. The summed E-state index contributed by atoms with van der Waals surface area (Å²) in [6, 6.07) is 0. The van der Waals surface area contributed by atoms with Gasteiger partial charge in [-0.15, -0.1) is 0 Å². The molecule has 1 aliphatic rings. The van der Waals surface area contributed by atoms with Crippen molar-refractivity contribution in [2.75, 3.05) is 13.7 Å². The molecule has 1 atom stereocenters. The zero-order valence-corrected chi connectivity index (χ0v) is 9.88. The van der Waals surface area contributed by atoms with E-state index in [1.165, 1.54) is 0 Å². The van der Waals surface area contributed by atoms with Crippen molar-refractivity contribution in [2.24, 2.45) is 0 Å². The van der Waals surface area contributed by atoms with Gasteiger partial charge in [-0.05, 0) is 19.3 Å². The van der Waals surface area contributed by atoms with Crippen molar-refractivity contribution in [3.8, 4) is 0 Å². The molecule has 88 valence electrons. The molecule has 0 aromatic heterocycles. The monoisotopic (exact) mass is 214 g/mol. The van der Waals surface area contributed by atoms with E-state index in [0.717, 1.165) is 32.1 Å². The lowest BCUT2D eigenvalue weighted by Crippen LogP contribution is -2.46. The highest BCUT2D eigenvalue weighted by molar-refractivity contribution is 5.86. The number of methoxy groups -OCH3 is 1. The van der Waals surface area contributed by atoms with Gasteiger partial charge in [-0.25, -0.2) is 0 Å². The molecule has 0 bridgehead atoms. The second kappa shape index (κ2) is 6.23. The second-order valence-electron chi connectivity index (χ2n) is 4.14. The minimum Gasteiger partial charge on any atom is -0.347 e. The fourth-order valence-electron chi connectivity index (χ4n) is 1.99. The van der Waals surface area contributed by atoms with Gasteiger partial charge in [0.05, 0.1) is 6.61 Å². The maximum absolute atomic E-state index is 11.8. The van der Waals surface area contributed by atoms with Crippen LogP contribution < -0.4 is 0 Å². The van der Waals surface area contributed by atoms with Gasteiger partial charge in [0.2, 0.25) is 5.79 Å². The van der Waals surface area contributed by atoms with Crippen molar-refractivity contribution >= 4 is 5.78 Å². The summed E-state index contributed by atoms with van der Waals surface area (Å²) < 4.78 is 11.0. The third kappa shape index (κ3) is 3.28. The first-order valence-electron chi connectivity index (χ1n) is 5.97. The van der Waals surface area contributed by atoms with Gasteiger partial charge in [-0.2, -0.15) is 0 Å². The third-order valence-corrected chi connectivity index (χ3v) is 3.00. The van der Waals surface area contributed by atoms with Gasteiger partial charge in [0, 0.05) is 20.0 Å². The van der Waals surface area contributed by atoms with Crippen LogP contribution in [0.15, 0.2) is 0 Å². The van der Waals surface area contributed by atoms with Crippen LogP contribution in [-0.4, -0.2) is 25.3 Å². The predicted molar refractivity (Wildman–Crippen MR) is 58.7 cm³/mol. The maximum Gasteiger partial charge on any atom is 0.228 e. The Kier molecular flexibility index (Phi) is 5.26. The molecule has 0 aromatic carbocycles. The third-order valence-electron chi connectivity index (χ3n) is 3.00. The molecule has 1 fully saturated rings. The van der Waals surface area contributed by atoms with Gasteiger partial charge in [-0.1, -0.05) is 19.8 Å². The number of carbonyl (C=O) groups is 1. The molecule has 3 heteroatoms. The summed E-state index contributed by atoms with van der Waals surface area (Å²) in [7, 11) is 1.57. The smallest absolute Gasteiger partial charge is 0.228 e. The standard InChI is InChI=1S/C12H22O3/c1-3-4-7-10-15-12(14-2)9-6-5-8-11(12)13/h3-10H2,1-2H3. The van der Waals surface area contributed by atoms with Gasteiger partial charge < -0.3 is 9.47 Å². The summed E-state index contributed by atoms with van der Waals surface area (Å²) in [6.07, 6.45) is 6.63. The first-order valence-corrected chi connectivity index (χ1v) is 5.97. The van der Waals surface area contributed by atoms with Gasteiger partial charge in [0.15, 0.2) is 5.78 Å². The van der Waals surface area contributed by atoms with Gasteiger partial charge >= 0.3 is 0 Å². The Morgan fingerprint density at radius 1 is 1.33 bits per heavy atom. The van der Waals surface area contributed by atoms with Crippen LogP contribution in [0.4, 0.5) is 0 Å². The molecular formula is C12H22O3. The van der Waals surface area contributed by atoms with E-state index in [9.17, 15) is 4.79 Å². The van der Waals surface area contributed by atoms with Crippen molar-refractivity contribution in [3.05, 3.63) is 0 Å². The normalized spacial score (nSPS) is 26.9. The van der Waals surface area contributed by atoms with Gasteiger partial charge in [-0.3, -0.25) is 4.79 Å². The lowest BCUT2D eigenvalue weighted by molar-refractivity contribution is -0.226. The molecule has 0 aromatic rings. The van der Waals surface area contributed by atoms with E-state index < -0.39 is 5.79 Å². The van der Waals surface area contributed by atoms with Crippen molar-refractivity contribution < 1.29 is 14.3 Å². The van der Waals surface area contributed by atoms with E-state index in [1.807, 2.05) is 0 Å². The van der Waals surface area contributed by atoms with Crippen molar-refractivity contribution in [2.45, 2.75) is 57.7 Å². The average Bonchev–Trinajstić information content (AvgIpc) is 2.27. The van der Waals surface area contributed by atoms with Crippen LogP contribution in [0.2, 0.25) is 0 Å². The van der Waals surface area contributed by atoms with Crippen LogP contribution >= 0.6 is 0 Å². The summed E-state index contributed by atoms with van der Waals surface area (Å²) >= 11 is 0. The summed E-state index contributed by atoms with van der Waals surface area (Å²) in [5.41, 5.74) is 0. The Labute approximate surface area is 92.1 Å². The molecular weight excluding hydrogens is 192 g/mol. The second-order valence-corrected chi connectivity index (χ2v) is 4.14. The number of hydrogen-bond acceptors (Lipinski definition) is 3. The molecule has 0 radical (unpaired) electrons. The van der Waals surface area contributed by atoms with E-state index >= 15 is 0 Å². The molecule has 1 rings (SSSR count). The molecule has 1 saturated carbocycles. The number of ketones is 1. The number of unbranched alkanes of at least 4 members (excludes halogenated alkanes) is 2. The Balaban J connectivity index is 2.40.